The molecule has 0 radical (unpaired) electrons. The number of nitrogens with one attached hydrogen (secondary N) is 2. The molecule has 0 aromatic carbocycles. The van der Waals surface area contributed by atoms with Crippen molar-refractivity contribution in [3.8, 4) is 0 Å². The van der Waals surface area contributed by atoms with Crippen LogP contribution in [0.1, 0.15) is 25.6 Å². The summed E-state index contributed by atoms with van der Waals surface area (Å²) < 4.78 is 0. The predicted molar refractivity (Wildman–Crippen MR) is 75.2 cm³/mol. The van der Waals surface area contributed by atoms with E-state index in [9.17, 15) is 0 Å². The topological polar surface area (TPSA) is 53.1 Å². The Balaban J connectivity index is 2.09. The molecule has 1 atom stereocenters. The molecule has 5 heteroatoms. The second-order valence-electron chi connectivity index (χ2n) is 4.86. The van der Waals surface area contributed by atoms with Crippen LogP contribution in [0.3, 0.4) is 0 Å². The maximum atomic E-state index is 4.47. The van der Waals surface area contributed by atoms with Crippen molar-refractivity contribution >= 4 is 11.6 Å². The molecule has 1 aromatic heterocycles. The van der Waals surface area contributed by atoms with E-state index >= 15 is 0 Å². The normalized spacial score (nSPS) is 19.6. The number of aromatic nitrogens is 2. The van der Waals surface area contributed by atoms with E-state index in [1.54, 1.807) is 0 Å². The maximum absolute atomic E-state index is 4.47. The van der Waals surface area contributed by atoms with E-state index in [1.165, 1.54) is 12.8 Å². The molecule has 0 spiro atoms. The predicted octanol–water partition coefficient (Wildman–Crippen LogP) is 1.41. The van der Waals surface area contributed by atoms with E-state index in [0.717, 1.165) is 37.1 Å². The summed E-state index contributed by atoms with van der Waals surface area (Å²) in [6.45, 7) is 7.15. The van der Waals surface area contributed by atoms with Gasteiger partial charge in [-0.3, -0.25) is 0 Å². The van der Waals surface area contributed by atoms with Gasteiger partial charge in [0.25, 0.3) is 0 Å². The average molecular weight is 249 g/mol. The SMILES string of the molecule is CCN(C)c1cc(NC2CCCNC2)nc(C)n1. The fourth-order valence-electron chi connectivity index (χ4n) is 2.17. The molecule has 1 saturated heterocycles. The minimum absolute atomic E-state index is 0.479. The molecule has 0 bridgehead atoms. The van der Waals surface area contributed by atoms with Crippen molar-refractivity contribution in [3.05, 3.63) is 11.9 Å². The highest BCUT2D eigenvalue weighted by Gasteiger charge is 2.14. The zero-order valence-electron chi connectivity index (χ0n) is 11.5. The van der Waals surface area contributed by atoms with Crippen molar-refractivity contribution in [2.75, 3.05) is 36.9 Å². The zero-order valence-corrected chi connectivity index (χ0v) is 11.5. The van der Waals surface area contributed by atoms with Gasteiger partial charge in [0.1, 0.15) is 17.5 Å². The zero-order chi connectivity index (χ0) is 13.0. The lowest BCUT2D eigenvalue weighted by atomic mass is 10.1. The van der Waals surface area contributed by atoms with Crippen LogP contribution < -0.4 is 15.5 Å². The van der Waals surface area contributed by atoms with Gasteiger partial charge in [0.15, 0.2) is 0 Å². The minimum atomic E-state index is 0.479. The maximum Gasteiger partial charge on any atom is 0.134 e. The van der Waals surface area contributed by atoms with Crippen molar-refractivity contribution in [1.82, 2.24) is 15.3 Å². The number of hydrogen-bond donors (Lipinski definition) is 2. The summed E-state index contributed by atoms with van der Waals surface area (Å²) in [5.41, 5.74) is 0. The number of anilines is 2. The van der Waals surface area contributed by atoms with E-state index in [4.69, 9.17) is 0 Å². The van der Waals surface area contributed by atoms with Gasteiger partial charge in [0, 0.05) is 32.2 Å². The van der Waals surface area contributed by atoms with Gasteiger partial charge in [-0.15, -0.1) is 0 Å². The Morgan fingerprint density at radius 1 is 1.50 bits per heavy atom. The number of nitrogens with zero attached hydrogens (tertiary/aromatic N) is 3. The molecule has 2 heterocycles. The lowest BCUT2D eigenvalue weighted by molar-refractivity contribution is 0.479. The molecular weight excluding hydrogens is 226 g/mol. The number of rotatable bonds is 4. The molecule has 2 N–H and O–H groups in total. The monoisotopic (exact) mass is 249 g/mol. The summed E-state index contributed by atoms with van der Waals surface area (Å²) >= 11 is 0. The van der Waals surface area contributed by atoms with Crippen LogP contribution in [-0.2, 0) is 0 Å². The molecule has 1 fully saturated rings. The first-order valence-electron chi connectivity index (χ1n) is 6.73. The number of hydrogen-bond acceptors (Lipinski definition) is 5. The summed E-state index contributed by atoms with van der Waals surface area (Å²) in [6.07, 6.45) is 2.43. The van der Waals surface area contributed by atoms with Crippen molar-refractivity contribution in [2.45, 2.75) is 32.7 Å². The Kier molecular flexibility index (Phi) is 4.36. The van der Waals surface area contributed by atoms with E-state index in [1.807, 2.05) is 20.0 Å². The van der Waals surface area contributed by atoms with Crippen molar-refractivity contribution in [3.63, 3.8) is 0 Å². The van der Waals surface area contributed by atoms with Gasteiger partial charge in [-0.1, -0.05) is 0 Å². The summed E-state index contributed by atoms with van der Waals surface area (Å²) in [5, 5.41) is 6.90. The van der Waals surface area contributed by atoms with Gasteiger partial charge in [-0.2, -0.15) is 0 Å². The van der Waals surface area contributed by atoms with E-state index < -0.39 is 0 Å². The van der Waals surface area contributed by atoms with Gasteiger partial charge in [0.05, 0.1) is 0 Å². The first-order chi connectivity index (χ1) is 8.69. The van der Waals surface area contributed by atoms with E-state index in [2.05, 4.69) is 32.4 Å². The second kappa shape index (κ2) is 6.00. The quantitative estimate of drug-likeness (QED) is 0.845. The summed E-state index contributed by atoms with van der Waals surface area (Å²) in [7, 11) is 2.05. The van der Waals surface area contributed by atoms with Gasteiger partial charge in [-0.05, 0) is 33.2 Å². The highest BCUT2D eigenvalue weighted by atomic mass is 15.2. The highest BCUT2D eigenvalue weighted by Crippen LogP contribution is 2.16. The molecule has 100 valence electrons. The summed E-state index contributed by atoms with van der Waals surface area (Å²) in [4.78, 5) is 11.0. The van der Waals surface area contributed by atoms with Crippen LogP contribution in [0.5, 0.6) is 0 Å². The van der Waals surface area contributed by atoms with Crippen LogP contribution in [0.15, 0.2) is 6.07 Å². The van der Waals surface area contributed by atoms with Gasteiger partial charge in [0.2, 0.25) is 0 Å². The molecule has 5 nitrogen and oxygen atoms in total. The first kappa shape index (κ1) is 13.1. The third kappa shape index (κ3) is 3.32. The molecule has 1 aliphatic rings. The standard InChI is InChI=1S/C13H23N5/c1-4-18(3)13-8-12(15-10(2)16-13)17-11-6-5-7-14-9-11/h8,11,14H,4-7,9H2,1-3H3,(H,15,16,17). The molecule has 0 aliphatic carbocycles. The molecular formula is C13H23N5. The van der Waals surface area contributed by atoms with E-state index in [0.29, 0.717) is 6.04 Å². The van der Waals surface area contributed by atoms with Crippen molar-refractivity contribution in [1.29, 1.82) is 0 Å². The van der Waals surface area contributed by atoms with Gasteiger partial charge >= 0.3 is 0 Å². The molecule has 2 rings (SSSR count). The molecule has 0 saturated carbocycles. The largest absolute Gasteiger partial charge is 0.366 e. The van der Waals surface area contributed by atoms with Crippen LogP contribution >= 0.6 is 0 Å². The Morgan fingerprint density at radius 3 is 3.00 bits per heavy atom. The van der Waals surface area contributed by atoms with Gasteiger partial charge in [-0.25, -0.2) is 9.97 Å². The lowest BCUT2D eigenvalue weighted by Crippen LogP contribution is -2.38. The van der Waals surface area contributed by atoms with Crippen LogP contribution in [-0.4, -0.2) is 42.7 Å². The highest BCUT2D eigenvalue weighted by molar-refractivity contribution is 5.49. The second-order valence-corrected chi connectivity index (χ2v) is 4.86. The van der Waals surface area contributed by atoms with Gasteiger partial charge < -0.3 is 15.5 Å². The van der Waals surface area contributed by atoms with Crippen molar-refractivity contribution < 1.29 is 0 Å². The third-order valence-electron chi connectivity index (χ3n) is 3.34. The molecule has 1 aromatic rings. The van der Waals surface area contributed by atoms with E-state index in [-0.39, 0.29) is 0 Å². The molecule has 1 unspecified atom stereocenters. The van der Waals surface area contributed by atoms with Crippen LogP contribution in [0.25, 0.3) is 0 Å². The molecule has 1 aliphatic heterocycles. The van der Waals surface area contributed by atoms with Crippen LogP contribution in [0.4, 0.5) is 11.6 Å². The fraction of sp³-hybridized carbons (Fsp3) is 0.692. The Labute approximate surface area is 109 Å². The van der Waals surface area contributed by atoms with Crippen LogP contribution in [0, 0.1) is 6.92 Å². The Hall–Kier alpha value is -1.36. The average Bonchev–Trinajstić information content (AvgIpc) is 2.38. The van der Waals surface area contributed by atoms with Crippen LogP contribution in [0.2, 0.25) is 0 Å². The number of aryl methyl sites for hydroxylation is 1. The first-order valence-corrected chi connectivity index (χ1v) is 6.73. The smallest absolute Gasteiger partial charge is 0.134 e. The minimum Gasteiger partial charge on any atom is -0.366 e. The Morgan fingerprint density at radius 2 is 2.33 bits per heavy atom. The summed E-state index contributed by atoms with van der Waals surface area (Å²) in [6, 6.07) is 2.51. The van der Waals surface area contributed by atoms with Crippen molar-refractivity contribution in [2.24, 2.45) is 0 Å². The lowest BCUT2D eigenvalue weighted by Gasteiger charge is -2.25. The molecule has 18 heavy (non-hydrogen) atoms. The fourth-order valence-corrected chi connectivity index (χ4v) is 2.17. The summed E-state index contributed by atoms with van der Waals surface area (Å²) in [5.74, 6) is 2.74. The molecule has 0 amide bonds. The Bertz CT molecular complexity index is 387. The third-order valence-corrected chi connectivity index (χ3v) is 3.34. The number of piperidine rings is 1.